The lowest BCUT2D eigenvalue weighted by molar-refractivity contribution is 0.299. The Morgan fingerprint density at radius 1 is 1.55 bits per heavy atom. The first-order valence-electron chi connectivity index (χ1n) is 4.15. The van der Waals surface area contributed by atoms with Crippen LogP contribution in [0.2, 0.25) is 0 Å². The van der Waals surface area contributed by atoms with Gasteiger partial charge in [-0.2, -0.15) is 0 Å². The van der Waals surface area contributed by atoms with Crippen LogP contribution in [0, 0.1) is 0 Å². The van der Waals surface area contributed by atoms with Crippen molar-refractivity contribution in [2.45, 2.75) is 32.4 Å². The molecule has 1 fully saturated rings. The first kappa shape index (κ1) is 8.72. The molecule has 0 aromatic rings. The highest BCUT2D eigenvalue weighted by Crippen LogP contribution is 2.38. The van der Waals surface area contributed by atoms with Crippen molar-refractivity contribution in [3.05, 3.63) is 11.6 Å². The zero-order chi connectivity index (χ0) is 8.32. The van der Waals surface area contributed by atoms with Crippen molar-refractivity contribution < 1.29 is 4.39 Å². The standard InChI is InChI=1S/C9H16FN/c1-8(2)3-6-11-7-9(10)4-5-9/h3,11H,4-7H2,1-2H3. The zero-order valence-corrected chi connectivity index (χ0v) is 7.28. The highest BCUT2D eigenvalue weighted by Gasteiger charge is 2.42. The van der Waals surface area contributed by atoms with E-state index in [-0.39, 0.29) is 0 Å². The molecular formula is C9H16FN. The summed E-state index contributed by atoms with van der Waals surface area (Å²) in [6.45, 7) is 5.42. The molecule has 11 heavy (non-hydrogen) atoms. The van der Waals surface area contributed by atoms with Gasteiger partial charge < -0.3 is 5.32 Å². The second-order valence-electron chi connectivity index (χ2n) is 3.56. The first-order valence-corrected chi connectivity index (χ1v) is 4.15. The number of rotatable bonds is 4. The molecule has 1 rings (SSSR count). The third-order valence-electron chi connectivity index (χ3n) is 1.89. The lowest BCUT2D eigenvalue weighted by Crippen LogP contribution is -2.25. The fourth-order valence-electron chi connectivity index (χ4n) is 0.885. The maximum absolute atomic E-state index is 12.9. The fourth-order valence-corrected chi connectivity index (χ4v) is 0.885. The van der Waals surface area contributed by atoms with Gasteiger partial charge in [0.25, 0.3) is 0 Å². The van der Waals surface area contributed by atoms with Gasteiger partial charge >= 0.3 is 0 Å². The van der Waals surface area contributed by atoms with Gasteiger partial charge in [0.1, 0.15) is 5.67 Å². The molecule has 0 aromatic heterocycles. The molecule has 0 unspecified atom stereocenters. The number of hydrogen-bond donors (Lipinski definition) is 1. The molecule has 2 heteroatoms. The average molecular weight is 157 g/mol. The minimum absolute atomic E-state index is 0.525. The average Bonchev–Trinajstić information content (AvgIpc) is 2.62. The molecule has 1 N–H and O–H groups in total. The van der Waals surface area contributed by atoms with Gasteiger partial charge in [-0.05, 0) is 26.7 Å². The van der Waals surface area contributed by atoms with Gasteiger partial charge in [-0.25, -0.2) is 4.39 Å². The van der Waals surface area contributed by atoms with E-state index in [2.05, 4.69) is 11.4 Å². The van der Waals surface area contributed by atoms with Gasteiger partial charge in [0.15, 0.2) is 0 Å². The van der Waals surface area contributed by atoms with E-state index < -0.39 is 5.67 Å². The SMILES string of the molecule is CC(C)=CCNCC1(F)CC1. The van der Waals surface area contributed by atoms with Crippen molar-refractivity contribution in [3.63, 3.8) is 0 Å². The van der Waals surface area contributed by atoms with E-state index in [1.165, 1.54) is 5.57 Å². The lowest BCUT2D eigenvalue weighted by Gasteiger charge is -2.04. The van der Waals surface area contributed by atoms with Gasteiger partial charge in [-0.15, -0.1) is 0 Å². The van der Waals surface area contributed by atoms with Gasteiger partial charge in [0, 0.05) is 13.1 Å². The van der Waals surface area contributed by atoms with Crippen LogP contribution in [0.4, 0.5) is 4.39 Å². The first-order chi connectivity index (χ1) is 5.12. The normalized spacial score (nSPS) is 19.5. The zero-order valence-electron chi connectivity index (χ0n) is 7.28. The molecule has 0 amide bonds. The quantitative estimate of drug-likeness (QED) is 0.486. The van der Waals surface area contributed by atoms with E-state index >= 15 is 0 Å². The van der Waals surface area contributed by atoms with E-state index in [1.807, 2.05) is 13.8 Å². The minimum atomic E-state index is -0.852. The second-order valence-corrected chi connectivity index (χ2v) is 3.56. The smallest absolute Gasteiger partial charge is 0.123 e. The third-order valence-corrected chi connectivity index (χ3v) is 1.89. The summed E-state index contributed by atoms with van der Waals surface area (Å²) in [6.07, 6.45) is 3.56. The Morgan fingerprint density at radius 3 is 2.64 bits per heavy atom. The predicted octanol–water partition coefficient (Wildman–Crippen LogP) is 2.04. The molecular weight excluding hydrogens is 141 g/mol. The van der Waals surface area contributed by atoms with Crippen LogP contribution in [0.25, 0.3) is 0 Å². The van der Waals surface area contributed by atoms with Gasteiger partial charge in [-0.3, -0.25) is 0 Å². The molecule has 0 saturated heterocycles. The van der Waals surface area contributed by atoms with Crippen molar-refractivity contribution in [2.24, 2.45) is 0 Å². The van der Waals surface area contributed by atoms with E-state index in [9.17, 15) is 4.39 Å². The molecule has 0 atom stereocenters. The summed E-state index contributed by atoms with van der Waals surface area (Å²) in [7, 11) is 0. The summed E-state index contributed by atoms with van der Waals surface area (Å²) < 4.78 is 12.9. The van der Waals surface area contributed by atoms with Crippen LogP contribution >= 0.6 is 0 Å². The summed E-state index contributed by atoms with van der Waals surface area (Å²) in [5, 5.41) is 3.07. The molecule has 0 spiro atoms. The van der Waals surface area contributed by atoms with Crippen LogP contribution in [0.5, 0.6) is 0 Å². The Balaban J connectivity index is 2.01. The number of hydrogen-bond acceptors (Lipinski definition) is 1. The van der Waals surface area contributed by atoms with Gasteiger partial charge in [0.05, 0.1) is 0 Å². The van der Waals surface area contributed by atoms with Crippen LogP contribution < -0.4 is 5.32 Å². The lowest BCUT2D eigenvalue weighted by atomic mass is 10.3. The monoisotopic (exact) mass is 157 g/mol. The van der Waals surface area contributed by atoms with Crippen LogP contribution in [0.3, 0.4) is 0 Å². The molecule has 1 aliphatic rings. The highest BCUT2D eigenvalue weighted by molar-refractivity contribution is 4.98. The van der Waals surface area contributed by atoms with Gasteiger partial charge in [-0.1, -0.05) is 11.6 Å². The molecule has 0 bridgehead atoms. The fraction of sp³-hybridized carbons (Fsp3) is 0.778. The molecule has 1 saturated carbocycles. The maximum Gasteiger partial charge on any atom is 0.123 e. The summed E-state index contributed by atoms with van der Waals surface area (Å²) in [4.78, 5) is 0. The molecule has 1 nitrogen and oxygen atoms in total. The summed E-state index contributed by atoms with van der Waals surface area (Å²) in [5.74, 6) is 0. The molecule has 1 aliphatic carbocycles. The maximum atomic E-state index is 12.9. The summed E-state index contributed by atoms with van der Waals surface area (Å²) in [6, 6.07) is 0. The van der Waals surface area contributed by atoms with Crippen LogP contribution in [0.1, 0.15) is 26.7 Å². The molecule has 0 aliphatic heterocycles. The molecule has 0 aromatic carbocycles. The van der Waals surface area contributed by atoms with E-state index in [4.69, 9.17) is 0 Å². The highest BCUT2D eigenvalue weighted by atomic mass is 19.1. The van der Waals surface area contributed by atoms with Crippen molar-refractivity contribution in [2.75, 3.05) is 13.1 Å². The van der Waals surface area contributed by atoms with Gasteiger partial charge in [0.2, 0.25) is 0 Å². The van der Waals surface area contributed by atoms with Crippen LogP contribution in [0.15, 0.2) is 11.6 Å². The Kier molecular flexibility index (Phi) is 2.66. The molecule has 0 radical (unpaired) electrons. The van der Waals surface area contributed by atoms with Crippen LogP contribution in [-0.2, 0) is 0 Å². The Hall–Kier alpha value is -0.370. The van der Waals surface area contributed by atoms with Crippen molar-refractivity contribution in [1.82, 2.24) is 5.32 Å². The number of nitrogens with one attached hydrogen (secondary N) is 1. The number of allylic oxidation sites excluding steroid dienone is 1. The largest absolute Gasteiger partial charge is 0.310 e. The van der Waals surface area contributed by atoms with Crippen LogP contribution in [-0.4, -0.2) is 18.8 Å². The molecule has 0 heterocycles. The Bertz CT molecular complexity index is 155. The van der Waals surface area contributed by atoms with E-state index in [0.29, 0.717) is 6.54 Å². The van der Waals surface area contributed by atoms with E-state index in [0.717, 1.165) is 19.4 Å². The van der Waals surface area contributed by atoms with E-state index in [1.54, 1.807) is 0 Å². The minimum Gasteiger partial charge on any atom is -0.310 e. The molecule has 64 valence electrons. The van der Waals surface area contributed by atoms with Crippen molar-refractivity contribution in [1.29, 1.82) is 0 Å². The van der Waals surface area contributed by atoms with Crippen molar-refractivity contribution >= 4 is 0 Å². The third kappa shape index (κ3) is 3.51. The Labute approximate surface area is 67.7 Å². The number of halogens is 1. The summed E-state index contributed by atoms with van der Waals surface area (Å²) in [5.41, 5.74) is 0.427. The second kappa shape index (κ2) is 3.35. The van der Waals surface area contributed by atoms with Crippen molar-refractivity contribution in [3.8, 4) is 0 Å². The topological polar surface area (TPSA) is 12.0 Å². The Morgan fingerprint density at radius 2 is 2.18 bits per heavy atom. The summed E-state index contributed by atoms with van der Waals surface area (Å²) >= 11 is 0. The predicted molar refractivity (Wildman–Crippen MR) is 45.4 cm³/mol. The number of alkyl halides is 1.